The van der Waals surface area contributed by atoms with Crippen molar-refractivity contribution in [1.82, 2.24) is 10.2 Å². The first-order valence-electron chi connectivity index (χ1n) is 11.6. The summed E-state index contributed by atoms with van der Waals surface area (Å²) in [5.41, 5.74) is 9.56. The Kier molecular flexibility index (Phi) is 7.22. The van der Waals surface area contributed by atoms with Gasteiger partial charge in [-0.25, -0.2) is 0 Å². The molecule has 0 aromatic heterocycles. The van der Waals surface area contributed by atoms with Gasteiger partial charge in [0.1, 0.15) is 5.75 Å². The van der Waals surface area contributed by atoms with E-state index in [9.17, 15) is 9.59 Å². The van der Waals surface area contributed by atoms with Gasteiger partial charge in [0.25, 0.3) is 5.91 Å². The maximum Gasteiger partial charge on any atom is 0.251 e. The molecule has 176 valence electrons. The molecule has 2 aromatic rings. The topological polar surface area (TPSA) is 91.1 Å². The molecule has 0 unspecified atom stereocenters. The number of piperazine rings is 1. The molecule has 2 aliphatic rings. The number of hydrogen-bond donors (Lipinski definition) is 2. The Morgan fingerprint density at radius 3 is 2.42 bits per heavy atom. The molecule has 2 aliphatic heterocycles. The highest BCUT2D eigenvalue weighted by molar-refractivity contribution is 5.96. The summed E-state index contributed by atoms with van der Waals surface area (Å²) in [7, 11) is 1.70. The Labute approximate surface area is 195 Å². The van der Waals surface area contributed by atoms with Crippen LogP contribution >= 0.6 is 0 Å². The Morgan fingerprint density at radius 1 is 1.03 bits per heavy atom. The van der Waals surface area contributed by atoms with Crippen LogP contribution in [0.3, 0.4) is 0 Å². The molecule has 3 N–H and O–H groups in total. The van der Waals surface area contributed by atoms with E-state index >= 15 is 0 Å². The van der Waals surface area contributed by atoms with Crippen molar-refractivity contribution >= 4 is 28.9 Å². The van der Waals surface area contributed by atoms with E-state index in [-0.39, 0.29) is 11.8 Å². The standard InChI is InChI=1S/C25H33N5O3/c1-33-23-7-3-2-6-22(23)29-16-14-28(15-17-29)21-10-9-19(18-20(21)26)25(32)27-11-5-13-30-12-4-8-24(30)31/h2-3,6-7,9-10,18H,4-5,8,11-17,26H2,1H3,(H,27,32). The first kappa shape index (κ1) is 22.8. The number of methoxy groups -OCH3 is 1. The molecule has 0 radical (unpaired) electrons. The van der Waals surface area contributed by atoms with Gasteiger partial charge in [0, 0.05) is 57.8 Å². The summed E-state index contributed by atoms with van der Waals surface area (Å²) in [6.45, 7) is 5.46. The number of amides is 2. The molecule has 0 atom stereocenters. The minimum absolute atomic E-state index is 0.137. The molecule has 0 spiro atoms. The third-order valence-corrected chi connectivity index (χ3v) is 6.40. The predicted molar refractivity (Wildman–Crippen MR) is 131 cm³/mol. The molecule has 0 bridgehead atoms. The molecule has 8 nitrogen and oxygen atoms in total. The van der Waals surface area contributed by atoms with Gasteiger partial charge in [-0.1, -0.05) is 12.1 Å². The Morgan fingerprint density at radius 2 is 1.76 bits per heavy atom. The third-order valence-electron chi connectivity index (χ3n) is 6.40. The Bertz CT molecular complexity index is 988. The summed E-state index contributed by atoms with van der Waals surface area (Å²) >= 11 is 0. The van der Waals surface area contributed by atoms with Crippen molar-refractivity contribution in [2.75, 3.05) is 68.5 Å². The average Bonchev–Trinajstić information content (AvgIpc) is 3.26. The zero-order valence-electron chi connectivity index (χ0n) is 19.3. The monoisotopic (exact) mass is 451 g/mol. The van der Waals surface area contributed by atoms with Crippen LogP contribution in [0.15, 0.2) is 42.5 Å². The lowest BCUT2D eigenvalue weighted by molar-refractivity contribution is -0.127. The molecule has 2 saturated heterocycles. The Balaban J connectivity index is 1.28. The van der Waals surface area contributed by atoms with Crippen LogP contribution in [0, 0.1) is 0 Å². The zero-order valence-corrected chi connectivity index (χ0v) is 19.3. The number of carbonyl (C=O) groups excluding carboxylic acids is 2. The highest BCUT2D eigenvalue weighted by atomic mass is 16.5. The fourth-order valence-corrected chi connectivity index (χ4v) is 4.58. The van der Waals surface area contributed by atoms with Gasteiger partial charge in [-0.05, 0) is 43.2 Å². The first-order valence-corrected chi connectivity index (χ1v) is 11.6. The Hall–Kier alpha value is -3.42. The lowest BCUT2D eigenvalue weighted by Gasteiger charge is -2.38. The van der Waals surface area contributed by atoms with E-state index in [1.54, 1.807) is 13.2 Å². The number of nitrogen functional groups attached to an aromatic ring is 1. The summed E-state index contributed by atoms with van der Waals surface area (Å²) in [5.74, 6) is 0.961. The molecule has 0 aliphatic carbocycles. The van der Waals surface area contributed by atoms with Crippen molar-refractivity contribution in [3.8, 4) is 5.75 Å². The number of anilines is 3. The van der Waals surface area contributed by atoms with Crippen LogP contribution in [0.4, 0.5) is 17.1 Å². The van der Waals surface area contributed by atoms with Gasteiger partial charge >= 0.3 is 0 Å². The second-order valence-electron chi connectivity index (χ2n) is 8.51. The van der Waals surface area contributed by atoms with E-state index in [2.05, 4.69) is 21.2 Å². The number of benzene rings is 2. The fourth-order valence-electron chi connectivity index (χ4n) is 4.58. The molecular formula is C25H33N5O3. The van der Waals surface area contributed by atoms with Crippen molar-refractivity contribution in [2.45, 2.75) is 19.3 Å². The van der Waals surface area contributed by atoms with Crippen molar-refractivity contribution < 1.29 is 14.3 Å². The smallest absolute Gasteiger partial charge is 0.251 e. The number of hydrogen-bond acceptors (Lipinski definition) is 6. The van der Waals surface area contributed by atoms with E-state index in [0.29, 0.717) is 30.8 Å². The van der Waals surface area contributed by atoms with Gasteiger partial charge < -0.3 is 30.5 Å². The highest BCUT2D eigenvalue weighted by Gasteiger charge is 2.22. The summed E-state index contributed by atoms with van der Waals surface area (Å²) in [6, 6.07) is 13.6. The number of nitrogens with one attached hydrogen (secondary N) is 1. The molecule has 2 amide bonds. The minimum Gasteiger partial charge on any atom is -0.495 e. The van der Waals surface area contributed by atoms with Gasteiger partial charge in [-0.3, -0.25) is 9.59 Å². The zero-order chi connectivity index (χ0) is 23.2. The summed E-state index contributed by atoms with van der Waals surface area (Å²) in [5, 5.41) is 2.93. The van der Waals surface area contributed by atoms with Crippen LogP contribution in [-0.2, 0) is 4.79 Å². The van der Waals surface area contributed by atoms with Gasteiger partial charge in [-0.15, -0.1) is 0 Å². The average molecular weight is 452 g/mol. The number of nitrogens with two attached hydrogens (primary N) is 1. The SMILES string of the molecule is COc1ccccc1N1CCN(c2ccc(C(=O)NCCCN3CCCC3=O)cc2N)CC1. The number of ether oxygens (including phenoxy) is 1. The first-order chi connectivity index (χ1) is 16.1. The van der Waals surface area contributed by atoms with E-state index in [0.717, 1.165) is 62.7 Å². The van der Waals surface area contributed by atoms with Gasteiger partial charge in [-0.2, -0.15) is 0 Å². The van der Waals surface area contributed by atoms with Crippen LogP contribution in [0.25, 0.3) is 0 Å². The number of para-hydroxylation sites is 2. The number of carbonyl (C=O) groups is 2. The summed E-state index contributed by atoms with van der Waals surface area (Å²) in [6.07, 6.45) is 2.33. The molecule has 2 fully saturated rings. The van der Waals surface area contributed by atoms with Crippen LogP contribution in [0.1, 0.15) is 29.6 Å². The highest BCUT2D eigenvalue weighted by Crippen LogP contribution is 2.31. The second kappa shape index (κ2) is 10.5. The van der Waals surface area contributed by atoms with Crippen LogP contribution in [0.5, 0.6) is 5.75 Å². The largest absolute Gasteiger partial charge is 0.495 e. The maximum absolute atomic E-state index is 12.5. The minimum atomic E-state index is -0.137. The van der Waals surface area contributed by atoms with Gasteiger partial charge in [0.15, 0.2) is 0 Å². The van der Waals surface area contributed by atoms with Crippen molar-refractivity contribution in [2.24, 2.45) is 0 Å². The fraction of sp³-hybridized carbons (Fsp3) is 0.440. The van der Waals surface area contributed by atoms with Crippen molar-refractivity contribution in [3.63, 3.8) is 0 Å². The summed E-state index contributed by atoms with van der Waals surface area (Å²) in [4.78, 5) is 30.6. The van der Waals surface area contributed by atoms with E-state index in [1.807, 2.05) is 35.2 Å². The lowest BCUT2D eigenvalue weighted by Crippen LogP contribution is -2.46. The summed E-state index contributed by atoms with van der Waals surface area (Å²) < 4.78 is 5.50. The van der Waals surface area contributed by atoms with Crippen LogP contribution in [0.2, 0.25) is 0 Å². The van der Waals surface area contributed by atoms with Crippen LogP contribution in [-0.4, -0.2) is 69.6 Å². The van der Waals surface area contributed by atoms with E-state index in [4.69, 9.17) is 10.5 Å². The maximum atomic E-state index is 12.5. The molecule has 4 rings (SSSR count). The normalized spacial score (nSPS) is 16.3. The number of rotatable bonds is 8. The third kappa shape index (κ3) is 5.32. The van der Waals surface area contributed by atoms with Crippen molar-refractivity contribution in [3.05, 3.63) is 48.0 Å². The molecule has 0 saturated carbocycles. The second-order valence-corrected chi connectivity index (χ2v) is 8.51. The molecule has 2 heterocycles. The molecule has 8 heteroatoms. The van der Waals surface area contributed by atoms with Crippen molar-refractivity contribution in [1.29, 1.82) is 0 Å². The predicted octanol–water partition coefficient (Wildman–Crippen LogP) is 2.35. The molecule has 33 heavy (non-hydrogen) atoms. The lowest BCUT2D eigenvalue weighted by atomic mass is 10.1. The number of likely N-dealkylation sites (tertiary alicyclic amines) is 1. The van der Waals surface area contributed by atoms with Gasteiger partial charge in [0.05, 0.1) is 24.2 Å². The van der Waals surface area contributed by atoms with E-state index in [1.165, 1.54) is 0 Å². The number of nitrogens with zero attached hydrogens (tertiary/aromatic N) is 3. The molecule has 2 aromatic carbocycles. The molecular weight excluding hydrogens is 418 g/mol. The van der Waals surface area contributed by atoms with Gasteiger partial charge in [0.2, 0.25) is 5.91 Å². The van der Waals surface area contributed by atoms with Crippen LogP contribution < -0.4 is 25.6 Å². The van der Waals surface area contributed by atoms with E-state index < -0.39 is 0 Å². The quantitative estimate of drug-likeness (QED) is 0.473.